The Labute approximate surface area is 179 Å². The summed E-state index contributed by atoms with van der Waals surface area (Å²) in [6, 6.07) is 3.38. The number of hydrogen-bond acceptors (Lipinski definition) is 3. The second-order valence-electron chi connectivity index (χ2n) is 5.37. The molecule has 5 nitrogen and oxygen atoms in total. The van der Waals surface area contributed by atoms with E-state index >= 15 is 0 Å². The average Bonchev–Trinajstić information content (AvgIpc) is 2.75. The monoisotopic (exact) mass is 494 g/mol. The predicted octanol–water partition coefficient (Wildman–Crippen LogP) is 6.51. The van der Waals surface area contributed by atoms with Crippen LogP contribution in [0.4, 0.5) is 17.6 Å². The molecule has 1 heterocycles. The molecule has 156 valence electrons. The summed E-state index contributed by atoms with van der Waals surface area (Å²) in [7, 11) is 0. The van der Waals surface area contributed by atoms with Crippen LogP contribution in [0.3, 0.4) is 0 Å². The first-order valence-corrected chi connectivity index (χ1v) is 8.60. The number of fused-ring (bicyclic) bond motifs is 1. The van der Waals surface area contributed by atoms with Gasteiger partial charge in [-0.3, -0.25) is 0 Å². The summed E-state index contributed by atoms with van der Waals surface area (Å²) in [4.78, 5) is 21.2. The number of hydrogen-bond donors (Lipinski definition) is 2. The maximum atomic E-state index is 12.9. The molecule has 0 saturated heterocycles. The summed E-state index contributed by atoms with van der Waals surface area (Å²) < 4.78 is 55.1. The first-order chi connectivity index (χ1) is 13.2. The summed E-state index contributed by atoms with van der Waals surface area (Å²) >= 11 is 22.0. The lowest BCUT2D eigenvalue weighted by atomic mass is 10.1. The molecule has 0 atom stereocenters. The zero-order valence-corrected chi connectivity index (χ0v) is 16.5. The highest BCUT2D eigenvalue weighted by Crippen LogP contribution is 2.52. The number of alkyl halides is 4. The molecule has 0 unspecified atom stereocenters. The second kappa shape index (κ2) is 8.16. The summed E-state index contributed by atoms with van der Waals surface area (Å²) in [5.41, 5.74) is -2.68. The van der Waals surface area contributed by atoms with Crippen molar-refractivity contribution in [2.24, 2.45) is 0 Å². The molecule has 2 aromatic carbocycles. The third-order valence-electron chi connectivity index (χ3n) is 3.47. The van der Waals surface area contributed by atoms with Crippen LogP contribution in [0, 0.1) is 0 Å². The van der Waals surface area contributed by atoms with Crippen molar-refractivity contribution in [1.82, 2.24) is 0 Å². The Morgan fingerprint density at radius 1 is 0.690 bits per heavy atom. The largest absolute Gasteiger partial charge is 0.478 e. The van der Waals surface area contributed by atoms with Crippen molar-refractivity contribution in [3.63, 3.8) is 0 Å². The lowest BCUT2D eigenvalue weighted by Crippen LogP contribution is -2.17. The van der Waals surface area contributed by atoms with Crippen LogP contribution in [-0.2, 0) is 17.0 Å². The minimum atomic E-state index is -4.05. The Morgan fingerprint density at radius 2 is 0.966 bits per heavy atom. The number of carboxylic acids is 2. The highest BCUT2D eigenvalue weighted by atomic mass is 35.5. The van der Waals surface area contributed by atoms with Gasteiger partial charge in [0.25, 0.3) is 0 Å². The van der Waals surface area contributed by atoms with E-state index in [0.29, 0.717) is 12.1 Å². The molecule has 13 heteroatoms. The van der Waals surface area contributed by atoms with E-state index in [0.717, 1.165) is 12.1 Å². The third kappa shape index (κ3) is 4.87. The van der Waals surface area contributed by atoms with Gasteiger partial charge in [0, 0.05) is 0 Å². The van der Waals surface area contributed by atoms with Gasteiger partial charge in [-0.05, 0) is 24.3 Å². The van der Waals surface area contributed by atoms with E-state index in [9.17, 15) is 27.2 Å². The topological polar surface area (TPSA) is 83.8 Å². The van der Waals surface area contributed by atoms with Gasteiger partial charge in [-0.2, -0.15) is 17.6 Å². The van der Waals surface area contributed by atoms with Crippen LogP contribution in [-0.4, -0.2) is 22.2 Å². The molecule has 0 aromatic heterocycles. The molecular formula is C16H6Cl4F4O5. The zero-order valence-electron chi connectivity index (χ0n) is 13.5. The molecule has 29 heavy (non-hydrogen) atoms. The van der Waals surface area contributed by atoms with Gasteiger partial charge in [0.2, 0.25) is 0 Å². The molecular weight excluding hydrogens is 490 g/mol. The van der Waals surface area contributed by atoms with Crippen LogP contribution >= 0.6 is 46.4 Å². The van der Waals surface area contributed by atoms with Crippen LogP contribution in [0.25, 0.3) is 0 Å². The quantitative estimate of drug-likeness (QED) is 0.464. The van der Waals surface area contributed by atoms with E-state index in [1.807, 2.05) is 0 Å². The van der Waals surface area contributed by atoms with Gasteiger partial charge in [0.1, 0.15) is 0 Å². The molecule has 0 fully saturated rings. The molecule has 0 radical (unpaired) electrons. The first kappa shape index (κ1) is 23.5. The van der Waals surface area contributed by atoms with Gasteiger partial charge < -0.3 is 10.2 Å². The van der Waals surface area contributed by atoms with Crippen molar-refractivity contribution in [1.29, 1.82) is 0 Å². The summed E-state index contributed by atoms with van der Waals surface area (Å²) in [5, 5.41) is 16.9. The van der Waals surface area contributed by atoms with Gasteiger partial charge in [0.15, 0.2) is 0 Å². The van der Waals surface area contributed by atoms with Crippen LogP contribution in [0.5, 0.6) is 0 Å². The van der Waals surface area contributed by atoms with E-state index in [-0.39, 0.29) is 31.2 Å². The van der Waals surface area contributed by atoms with Crippen LogP contribution in [0.15, 0.2) is 24.3 Å². The Balaban J connectivity index is 0.000000208. The highest BCUT2D eigenvalue weighted by Gasteiger charge is 2.57. The maximum Gasteiger partial charge on any atom is 0.388 e. The zero-order chi connectivity index (χ0) is 22.3. The lowest BCUT2D eigenvalue weighted by Gasteiger charge is -2.10. The highest BCUT2D eigenvalue weighted by molar-refractivity contribution is 6.42. The fourth-order valence-electron chi connectivity index (χ4n) is 2.20. The molecule has 0 spiro atoms. The molecule has 2 N–H and O–H groups in total. The van der Waals surface area contributed by atoms with Crippen molar-refractivity contribution < 1.29 is 42.1 Å². The summed E-state index contributed by atoms with van der Waals surface area (Å²) in [6.45, 7) is 0. The number of carboxylic acid groups (broad SMARTS) is 2. The van der Waals surface area contributed by atoms with E-state index < -0.39 is 35.3 Å². The number of carbonyl (C=O) groups is 2. The number of halogens is 8. The molecule has 2 aromatic rings. The SMILES string of the molecule is FC1(F)OC(F)(F)c2cc(Cl)c(Cl)cc21.O=C(O)c1cc(Cl)c(Cl)cc1C(=O)O. The summed E-state index contributed by atoms with van der Waals surface area (Å²) in [5.74, 6) is -2.72. The lowest BCUT2D eigenvalue weighted by molar-refractivity contribution is -0.369. The van der Waals surface area contributed by atoms with E-state index in [2.05, 4.69) is 4.74 Å². The average molecular weight is 496 g/mol. The Morgan fingerprint density at radius 3 is 1.24 bits per heavy atom. The van der Waals surface area contributed by atoms with Crippen LogP contribution in [0.2, 0.25) is 20.1 Å². The standard InChI is InChI=1S/C8H2Cl2F4O.C8H4Cl2O4/c9-5-1-3-4(2-6(5)10)8(13,14)15-7(3,11)12;9-5-1-3(7(11)12)4(8(13)14)2-6(5)10/h1-2H;1-2H,(H,11,12)(H,13,14). The van der Waals surface area contributed by atoms with Gasteiger partial charge in [0.05, 0.1) is 42.3 Å². The number of ether oxygens (including phenoxy) is 1. The maximum absolute atomic E-state index is 12.9. The van der Waals surface area contributed by atoms with E-state index in [4.69, 9.17) is 56.6 Å². The molecule has 1 aliphatic rings. The van der Waals surface area contributed by atoms with E-state index in [1.54, 1.807) is 0 Å². The molecule has 3 rings (SSSR count). The van der Waals surface area contributed by atoms with Crippen molar-refractivity contribution in [3.8, 4) is 0 Å². The van der Waals surface area contributed by atoms with Crippen molar-refractivity contribution in [3.05, 3.63) is 66.6 Å². The van der Waals surface area contributed by atoms with Crippen LogP contribution in [0.1, 0.15) is 31.8 Å². The van der Waals surface area contributed by atoms with Gasteiger partial charge >= 0.3 is 24.2 Å². The predicted molar refractivity (Wildman–Crippen MR) is 95.7 cm³/mol. The Bertz CT molecular complexity index is 935. The van der Waals surface area contributed by atoms with Gasteiger partial charge in [-0.1, -0.05) is 46.4 Å². The Kier molecular flexibility index (Phi) is 6.61. The van der Waals surface area contributed by atoms with Crippen molar-refractivity contribution >= 4 is 58.3 Å². The number of aromatic carboxylic acids is 2. The molecule has 1 aliphatic heterocycles. The minimum Gasteiger partial charge on any atom is -0.478 e. The summed E-state index contributed by atoms with van der Waals surface area (Å²) in [6.07, 6.45) is -8.10. The molecule has 0 saturated carbocycles. The van der Waals surface area contributed by atoms with Crippen molar-refractivity contribution in [2.75, 3.05) is 0 Å². The Hall–Kier alpha value is -1.78. The fourth-order valence-corrected chi connectivity index (χ4v) is 2.85. The van der Waals surface area contributed by atoms with Crippen molar-refractivity contribution in [2.45, 2.75) is 12.2 Å². The number of rotatable bonds is 2. The van der Waals surface area contributed by atoms with E-state index in [1.165, 1.54) is 0 Å². The third-order valence-corrected chi connectivity index (χ3v) is 4.91. The van der Waals surface area contributed by atoms with Crippen LogP contribution < -0.4 is 0 Å². The fraction of sp³-hybridized carbons (Fsp3) is 0.125. The second-order valence-corrected chi connectivity index (χ2v) is 7.00. The smallest absolute Gasteiger partial charge is 0.388 e. The number of benzene rings is 2. The molecule has 0 amide bonds. The normalized spacial score (nSPS) is 15.9. The van der Waals surface area contributed by atoms with Gasteiger partial charge in [-0.25, -0.2) is 14.3 Å². The van der Waals surface area contributed by atoms with Gasteiger partial charge in [-0.15, -0.1) is 0 Å². The molecule has 0 aliphatic carbocycles. The first-order valence-electron chi connectivity index (χ1n) is 7.08. The minimum absolute atomic E-state index is 0.00840. The molecule has 0 bridgehead atoms.